The number of aliphatic hydroxyl groups is 2. The molecule has 0 aromatic carbocycles. The van der Waals surface area contributed by atoms with Gasteiger partial charge in [-0.25, -0.2) is 0 Å². The van der Waals surface area contributed by atoms with Crippen LogP contribution < -0.4 is 5.32 Å². The van der Waals surface area contributed by atoms with Gasteiger partial charge in [-0.2, -0.15) is 0 Å². The predicted octanol–water partition coefficient (Wildman–Crippen LogP) is 0.508. The SMILES string of the molecule is CC(O)C(C)(C)NCCCCO. The van der Waals surface area contributed by atoms with Crippen molar-refractivity contribution in [2.24, 2.45) is 0 Å². The Hall–Kier alpha value is -0.120. The van der Waals surface area contributed by atoms with Crippen LogP contribution in [0.2, 0.25) is 0 Å². The molecule has 0 heterocycles. The van der Waals surface area contributed by atoms with Crippen molar-refractivity contribution in [3.63, 3.8) is 0 Å². The topological polar surface area (TPSA) is 52.5 Å². The largest absolute Gasteiger partial charge is 0.396 e. The molecule has 0 amide bonds. The number of hydrogen-bond acceptors (Lipinski definition) is 3. The Morgan fingerprint density at radius 3 is 2.33 bits per heavy atom. The molecule has 1 atom stereocenters. The summed E-state index contributed by atoms with van der Waals surface area (Å²) in [7, 11) is 0. The van der Waals surface area contributed by atoms with Gasteiger partial charge in [0, 0.05) is 12.1 Å². The van der Waals surface area contributed by atoms with Crippen molar-refractivity contribution in [1.29, 1.82) is 0 Å². The summed E-state index contributed by atoms with van der Waals surface area (Å²) in [6.45, 7) is 6.81. The highest BCUT2D eigenvalue weighted by molar-refractivity contribution is 4.82. The summed E-state index contributed by atoms with van der Waals surface area (Å²) in [6, 6.07) is 0. The lowest BCUT2D eigenvalue weighted by Crippen LogP contribution is -2.48. The minimum absolute atomic E-state index is 0.227. The molecule has 0 radical (unpaired) electrons. The number of aliphatic hydroxyl groups excluding tert-OH is 2. The Labute approximate surface area is 74.8 Å². The van der Waals surface area contributed by atoms with Crippen LogP contribution in [0.3, 0.4) is 0 Å². The third-order valence-corrected chi connectivity index (χ3v) is 2.21. The van der Waals surface area contributed by atoms with Crippen molar-refractivity contribution in [2.45, 2.75) is 45.3 Å². The fourth-order valence-electron chi connectivity index (χ4n) is 0.795. The number of hydrogen-bond donors (Lipinski definition) is 3. The fourth-order valence-corrected chi connectivity index (χ4v) is 0.795. The van der Waals surface area contributed by atoms with Crippen molar-refractivity contribution >= 4 is 0 Å². The molecule has 3 nitrogen and oxygen atoms in total. The highest BCUT2D eigenvalue weighted by Crippen LogP contribution is 2.07. The van der Waals surface area contributed by atoms with Crippen LogP contribution in [-0.2, 0) is 0 Å². The smallest absolute Gasteiger partial charge is 0.0688 e. The van der Waals surface area contributed by atoms with E-state index in [1.54, 1.807) is 6.92 Å². The van der Waals surface area contributed by atoms with Gasteiger partial charge in [0.25, 0.3) is 0 Å². The highest BCUT2D eigenvalue weighted by Gasteiger charge is 2.22. The highest BCUT2D eigenvalue weighted by atomic mass is 16.3. The molecule has 1 unspecified atom stereocenters. The Bertz CT molecular complexity index is 113. The molecule has 0 spiro atoms. The average molecular weight is 175 g/mol. The van der Waals surface area contributed by atoms with E-state index in [2.05, 4.69) is 5.32 Å². The Morgan fingerprint density at radius 1 is 1.33 bits per heavy atom. The van der Waals surface area contributed by atoms with E-state index in [-0.39, 0.29) is 18.2 Å². The molecule has 0 aliphatic heterocycles. The second-order valence-corrected chi connectivity index (χ2v) is 3.76. The summed E-state index contributed by atoms with van der Waals surface area (Å²) in [5.74, 6) is 0. The zero-order valence-corrected chi connectivity index (χ0v) is 8.30. The molecule has 74 valence electrons. The van der Waals surface area contributed by atoms with E-state index in [9.17, 15) is 5.11 Å². The molecule has 12 heavy (non-hydrogen) atoms. The van der Waals surface area contributed by atoms with E-state index in [0.29, 0.717) is 0 Å². The first-order valence-electron chi connectivity index (χ1n) is 4.54. The monoisotopic (exact) mass is 175 g/mol. The minimum atomic E-state index is -0.355. The molecule has 0 bridgehead atoms. The van der Waals surface area contributed by atoms with Gasteiger partial charge in [-0.3, -0.25) is 0 Å². The number of rotatable bonds is 6. The van der Waals surface area contributed by atoms with Crippen LogP contribution >= 0.6 is 0 Å². The first-order valence-corrected chi connectivity index (χ1v) is 4.54. The van der Waals surface area contributed by atoms with E-state index in [0.717, 1.165) is 19.4 Å². The Kier molecular flexibility index (Phi) is 5.46. The van der Waals surface area contributed by atoms with Crippen LogP contribution in [0.25, 0.3) is 0 Å². The van der Waals surface area contributed by atoms with E-state index in [1.807, 2.05) is 13.8 Å². The van der Waals surface area contributed by atoms with Gasteiger partial charge in [0.1, 0.15) is 0 Å². The number of nitrogens with one attached hydrogen (secondary N) is 1. The molecule has 0 fully saturated rings. The van der Waals surface area contributed by atoms with Gasteiger partial charge in [-0.05, 0) is 40.2 Å². The maximum absolute atomic E-state index is 9.32. The summed E-state index contributed by atoms with van der Waals surface area (Å²) in [5.41, 5.74) is -0.227. The van der Waals surface area contributed by atoms with Gasteiger partial charge >= 0.3 is 0 Å². The molecule has 0 aromatic rings. The molecule has 3 heteroatoms. The zero-order valence-electron chi connectivity index (χ0n) is 8.30. The maximum Gasteiger partial charge on any atom is 0.0688 e. The Morgan fingerprint density at radius 2 is 1.92 bits per heavy atom. The Balaban J connectivity index is 3.47. The lowest BCUT2D eigenvalue weighted by molar-refractivity contribution is 0.0963. The molecule has 3 N–H and O–H groups in total. The lowest BCUT2D eigenvalue weighted by atomic mass is 9.99. The second kappa shape index (κ2) is 5.51. The summed E-state index contributed by atoms with van der Waals surface area (Å²) in [5, 5.41) is 21.1. The summed E-state index contributed by atoms with van der Waals surface area (Å²) < 4.78 is 0. The normalized spacial score (nSPS) is 14.8. The van der Waals surface area contributed by atoms with Gasteiger partial charge in [0.15, 0.2) is 0 Å². The molecule has 0 aliphatic rings. The van der Waals surface area contributed by atoms with Crippen LogP contribution in [0.1, 0.15) is 33.6 Å². The summed E-state index contributed by atoms with van der Waals surface area (Å²) >= 11 is 0. The first-order chi connectivity index (χ1) is 5.50. The third kappa shape index (κ3) is 4.70. The standard InChI is InChI=1S/C9H21NO2/c1-8(12)9(2,3)10-6-4-5-7-11/h8,10-12H,4-7H2,1-3H3. The summed E-state index contributed by atoms with van der Waals surface area (Å²) in [4.78, 5) is 0. The second-order valence-electron chi connectivity index (χ2n) is 3.76. The van der Waals surface area contributed by atoms with Crippen LogP contribution in [-0.4, -0.2) is 35.0 Å². The van der Waals surface area contributed by atoms with Gasteiger partial charge in [-0.15, -0.1) is 0 Å². The van der Waals surface area contributed by atoms with Crippen LogP contribution in [0.5, 0.6) is 0 Å². The van der Waals surface area contributed by atoms with Gasteiger partial charge < -0.3 is 15.5 Å². The van der Waals surface area contributed by atoms with Crippen LogP contribution in [0.4, 0.5) is 0 Å². The van der Waals surface area contributed by atoms with E-state index in [4.69, 9.17) is 5.11 Å². The maximum atomic E-state index is 9.32. The molecule has 0 saturated carbocycles. The minimum Gasteiger partial charge on any atom is -0.396 e. The quantitative estimate of drug-likeness (QED) is 0.515. The van der Waals surface area contributed by atoms with Crippen molar-refractivity contribution in [2.75, 3.05) is 13.2 Å². The first kappa shape index (κ1) is 11.9. The van der Waals surface area contributed by atoms with E-state index >= 15 is 0 Å². The summed E-state index contributed by atoms with van der Waals surface area (Å²) in [6.07, 6.45) is 1.42. The van der Waals surface area contributed by atoms with Crippen LogP contribution in [0.15, 0.2) is 0 Å². The van der Waals surface area contributed by atoms with Gasteiger partial charge in [-0.1, -0.05) is 0 Å². The molecular formula is C9H21NO2. The van der Waals surface area contributed by atoms with Gasteiger partial charge in [0.2, 0.25) is 0 Å². The molecule has 0 aliphatic carbocycles. The van der Waals surface area contributed by atoms with Crippen molar-refractivity contribution in [1.82, 2.24) is 5.32 Å². The molecule has 0 aromatic heterocycles. The molecule has 0 rings (SSSR count). The average Bonchev–Trinajstić information content (AvgIpc) is 1.98. The van der Waals surface area contributed by atoms with Gasteiger partial charge in [0.05, 0.1) is 6.10 Å². The molecule has 0 saturated heterocycles. The number of unbranched alkanes of at least 4 members (excludes halogenated alkanes) is 1. The van der Waals surface area contributed by atoms with E-state index in [1.165, 1.54) is 0 Å². The zero-order chi connectivity index (χ0) is 9.61. The fraction of sp³-hybridized carbons (Fsp3) is 1.00. The van der Waals surface area contributed by atoms with E-state index < -0.39 is 0 Å². The van der Waals surface area contributed by atoms with Crippen molar-refractivity contribution < 1.29 is 10.2 Å². The lowest BCUT2D eigenvalue weighted by Gasteiger charge is -2.29. The third-order valence-electron chi connectivity index (χ3n) is 2.21. The van der Waals surface area contributed by atoms with Crippen LogP contribution in [0, 0.1) is 0 Å². The van der Waals surface area contributed by atoms with Crippen molar-refractivity contribution in [3.05, 3.63) is 0 Å². The van der Waals surface area contributed by atoms with Crippen molar-refractivity contribution in [3.8, 4) is 0 Å². The molecular weight excluding hydrogens is 154 g/mol. The predicted molar refractivity (Wildman–Crippen MR) is 50.1 cm³/mol.